The lowest BCUT2D eigenvalue weighted by atomic mass is 9.98. The SMILES string of the molecule is CSCC(C)c1nc(C2(N)CCCC2)no1. The Morgan fingerprint density at radius 3 is 2.81 bits per heavy atom. The van der Waals surface area contributed by atoms with Gasteiger partial charge >= 0.3 is 0 Å². The predicted molar refractivity (Wildman–Crippen MR) is 65.4 cm³/mol. The summed E-state index contributed by atoms with van der Waals surface area (Å²) in [5.41, 5.74) is 5.95. The first-order valence-corrected chi connectivity index (χ1v) is 7.17. The van der Waals surface area contributed by atoms with Crippen molar-refractivity contribution in [3.63, 3.8) is 0 Å². The van der Waals surface area contributed by atoms with Crippen LogP contribution in [0.4, 0.5) is 0 Å². The fraction of sp³-hybridized carbons (Fsp3) is 0.818. The standard InChI is InChI=1S/C11H19N3OS/c1-8(7-16-2)9-13-10(14-15-9)11(12)5-3-4-6-11/h8H,3-7,12H2,1-2H3. The summed E-state index contributed by atoms with van der Waals surface area (Å²) in [5.74, 6) is 2.73. The second kappa shape index (κ2) is 4.75. The highest BCUT2D eigenvalue weighted by atomic mass is 32.2. The predicted octanol–water partition coefficient (Wildman–Crippen LogP) is 2.26. The normalized spacial score (nSPS) is 21.2. The quantitative estimate of drug-likeness (QED) is 0.876. The summed E-state index contributed by atoms with van der Waals surface area (Å²) >= 11 is 1.79. The maximum Gasteiger partial charge on any atom is 0.230 e. The van der Waals surface area contributed by atoms with Crippen molar-refractivity contribution >= 4 is 11.8 Å². The molecule has 2 rings (SSSR count). The summed E-state index contributed by atoms with van der Waals surface area (Å²) in [4.78, 5) is 4.47. The van der Waals surface area contributed by atoms with Crippen LogP contribution in [0.5, 0.6) is 0 Å². The summed E-state index contributed by atoms with van der Waals surface area (Å²) in [6.07, 6.45) is 6.36. The molecular formula is C11H19N3OS. The summed E-state index contributed by atoms with van der Waals surface area (Å²) in [6, 6.07) is 0. The molecule has 4 nitrogen and oxygen atoms in total. The van der Waals surface area contributed by atoms with Crippen LogP contribution in [0.25, 0.3) is 0 Å². The summed E-state index contributed by atoms with van der Waals surface area (Å²) in [5, 5.41) is 4.05. The Bertz CT molecular complexity index is 347. The molecule has 0 bridgehead atoms. The smallest absolute Gasteiger partial charge is 0.230 e. The molecule has 0 amide bonds. The molecule has 1 heterocycles. The van der Waals surface area contributed by atoms with Gasteiger partial charge in [-0.3, -0.25) is 0 Å². The number of nitrogens with zero attached hydrogens (tertiary/aromatic N) is 2. The van der Waals surface area contributed by atoms with E-state index in [0.717, 1.165) is 24.5 Å². The largest absolute Gasteiger partial charge is 0.339 e. The van der Waals surface area contributed by atoms with E-state index in [4.69, 9.17) is 10.3 Å². The third-order valence-corrected chi connectivity index (χ3v) is 4.05. The van der Waals surface area contributed by atoms with Gasteiger partial charge in [0.1, 0.15) is 0 Å². The van der Waals surface area contributed by atoms with Crippen LogP contribution in [0.1, 0.15) is 50.2 Å². The van der Waals surface area contributed by atoms with E-state index in [1.807, 2.05) is 0 Å². The Morgan fingerprint density at radius 1 is 1.50 bits per heavy atom. The number of aromatic nitrogens is 2. The van der Waals surface area contributed by atoms with Gasteiger partial charge in [-0.2, -0.15) is 16.7 Å². The van der Waals surface area contributed by atoms with Gasteiger partial charge in [0.15, 0.2) is 5.82 Å². The van der Waals surface area contributed by atoms with Crippen LogP contribution in [0.15, 0.2) is 4.52 Å². The van der Waals surface area contributed by atoms with E-state index in [9.17, 15) is 0 Å². The van der Waals surface area contributed by atoms with Crippen LogP contribution in [-0.2, 0) is 5.54 Å². The van der Waals surface area contributed by atoms with E-state index in [1.165, 1.54) is 12.8 Å². The Labute approximate surface area is 100 Å². The lowest BCUT2D eigenvalue weighted by molar-refractivity contribution is 0.341. The molecule has 1 unspecified atom stereocenters. The third kappa shape index (κ3) is 2.25. The van der Waals surface area contributed by atoms with Crippen LogP contribution >= 0.6 is 11.8 Å². The summed E-state index contributed by atoms with van der Waals surface area (Å²) in [7, 11) is 0. The maximum atomic E-state index is 6.28. The van der Waals surface area contributed by atoms with E-state index in [2.05, 4.69) is 23.3 Å². The Balaban J connectivity index is 2.12. The Kier molecular flexibility index (Phi) is 3.54. The molecule has 2 N–H and O–H groups in total. The number of hydrogen-bond donors (Lipinski definition) is 1. The van der Waals surface area contributed by atoms with E-state index in [-0.39, 0.29) is 5.54 Å². The van der Waals surface area contributed by atoms with Crippen LogP contribution in [0, 0.1) is 0 Å². The maximum absolute atomic E-state index is 6.28. The van der Waals surface area contributed by atoms with Crippen molar-refractivity contribution < 1.29 is 4.52 Å². The van der Waals surface area contributed by atoms with Gasteiger partial charge in [0.2, 0.25) is 5.89 Å². The zero-order chi connectivity index (χ0) is 11.6. The zero-order valence-corrected chi connectivity index (χ0v) is 10.7. The first-order chi connectivity index (χ1) is 7.65. The molecule has 1 aliphatic carbocycles. The fourth-order valence-electron chi connectivity index (χ4n) is 2.19. The monoisotopic (exact) mass is 241 g/mol. The van der Waals surface area contributed by atoms with Crippen molar-refractivity contribution in [2.24, 2.45) is 5.73 Å². The molecule has 0 saturated heterocycles. The molecule has 1 aromatic heterocycles. The van der Waals surface area contributed by atoms with Crippen LogP contribution < -0.4 is 5.73 Å². The van der Waals surface area contributed by atoms with Gasteiger partial charge in [-0.05, 0) is 19.1 Å². The van der Waals surface area contributed by atoms with Gasteiger partial charge in [-0.15, -0.1) is 0 Å². The van der Waals surface area contributed by atoms with Gasteiger partial charge in [0, 0.05) is 11.7 Å². The Morgan fingerprint density at radius 2 is 2.19 bits per heavy atom. The first kappa shape index (κ1) is 11.9. The molecule has 1 aliphatic rings. The van der Waals surface area contributed by atoms with Gasteiger partial charge in [0.05, 0.1) is 5.54 Å². The van der Waals surface area contributed by atoms with Crippen molar-refractivity contribution in [3.05, 3.63) is 11.7 Å². The molecular weight excluding hydrogens is 222 g/mol. The summed E-state index contributed by atoms with van der Waals surface area (Å²) in [6.45, 7) is 2.10. The fourth-order valence-corrected chi connectivity index (χ4v) is 2.83. The van der Waals surface area contributed by atoms with Gasteiger partial charge in [0.25, 0.3) is 0 Å². The van der Waals surface area contributed by atoms with Crippen molar-refractivity contribution in [1.29, 1.82) is 0 Å². The number of rotatable bonds is 4. The second-order valence-electron chi connectivity index (χ2n) is 4.68. The minimum Gasteiger partial charge on any atom is -0.339 e. The third-order valence-electron chi connectivity index (χ3n) is 3.22. The molecule has 0 aliphatic heterocycles. The van der Waals surface area contributed by atoms with E-state index >= 15 is 0 Å². The van der Waals surface area contributed by atoms with Gasteiger partial charge in [-0.1, -0.05) is 24.9 Å². The van der Waals surface area contributed by atoms with E-state index < -0.39 is 0 Å². The van der Waals surface area contributed by atoms with Crippen molar-refractivity contribution in [1.82, 2.24) is 10.1 Å². The molecule has 1 saturated carbocycles. The molecule has 0 spiro atoms. The first-order valence-electron chi connectivity index (χ1n) is 5.77. The molecule has 5 heteroatoms. The lowest BCUT2D eigenvalue weighted by Gasteiger charge is -2.17. The number of nitrogens with two attached hydrogens (primary N) is 1. The number of thioether (sulfide) groups is 1. The molecule has 1 aromatic rings. The summed E-state index contributed by atoms with van der Waals surface area (Å²) < 4.78 is 5.30. The average molecular weight is 241 g/mol. The average Bonchev–Trinajstić information content (AvgIpc) is 2.86. The molecule has 16 heavy (non-hydrogen) atoms. The molecule has 90 valence electrons. The van der Waals surface area contributed by atoms with Crippen LogP contribution in [0.2, 0.25) is 0 Å². The molecule has 1 fully saturated rings. The van der Waals surface area contributed by atoms with Gasteiger partial charge in [-0.25, -0.2) is 0 Å². The Hall–Kier alpha value is -0.550. The van der Waals surface area contributed by atoms with E-state index in [1.54, 1.807) is 11.8 Å². The minimum absolute atomic E-state index is 0.307. The van der Waals surface area contributed by atoms with Gasteiger partial charge < -0.3 is 10.3 Å². The van der Waals surface area contributed by atoms with Crippen LogP contribution in [-0.4, -0.2) is 22.1 Å². The molecule has 0 aromatic carbocycles. The highest BCUT2D eigenvalue weighted by molar-refractivity contribution is 7.98. The topological polar surface area (TPSA) is 64.9 Å². The highest BCUT2D eigenvalue weighted by Gasteiger charge is 2.36. The van der Waals surface area contributed by atoms with Crippen LogP contribution in [0.3, 0.4) is 0 Å². The van der Waals surface area contributed by atoms with Crippen molar-refractivity contribution in [2.75, 3.05) is 12.0 Å². The van der Waals surface area contributed by atoms with E-state index in [0.29, 0.717) is 11.7 Å². The second-order valence-corrected chi connectivity index (χ2v) is 5.59. The molecule has 1 atom stereocenters. The highest BCUT2D eigenvalue weighted by Crippen LogP contribution is 2.35. The minimum atomic E-state index is -0.333. The zero-order valence-electron chi connectivity index (χ0n) is 9.90. The lowest BCUT2D eigenvalue weighted by Crippen LogP contribution is -2.34. The molecule has 0 radical (unpaired) electrons. The van der Waals surface area contributed by atoms with Crippen molar-refractivity contribution in [2.45, 2.75) is 44.1 Å². The van der Waals surface area contributed by atoms with Crippen molar-refractivity contribution in [3.8, 4) is 0 Å². The number of hydrogen-bond acceptors (Lipinski definition) is 5.